The van der Waals surface area contributed by atoms with Crippen molar-refractivity contribution >= 4 is 46.1 Å². The highest BCUT2D eigenvalue weighted by atomic mass is 32.2. The van der Waals surface area contributed by atoms with E-state index in [-0.39, 0.29) is 5.97 Å². The number of rotatable bonds is 8. The van der Waals surface area contributed by atoms with Gasteiger partial charge in [-0.2, -0.15) is 0 Å². The van der Waals surface area contributed by atoms with Crippen LogP contribution in [0.2, 0.25) is 0 Å². The molecule has 6 rings (SSSR count). The van der Waals surface area contributed by atoms with Crippen molar-refractivity contribution in [3.63, 3.8) is 0 Å². The van der Waals surface area contributed by atoms with E-state index in [1.165, 1.54) is 44.8 Å². The second-order valence-corrected chi connectivity index (χ2v) is 11.8. The van der Waals surface area contributed by atoms with E-state index in [0.29, 0.717) is 22.6 Å². The molecule has 0 radical (unpaired) electrons. The molecule has 42 heavy (non-hydrogen) atoms. The number of carbonyl (C=O) groups is 1. The Bertz CT molecular complexity index is 1540. The molecule has 2 N–H and O–H groups in total. The van der Waals surface area contributed by atoms with Crippen LogP contribution in [0.1, 0.15) is 23.2 Å². The fourth-order valence-corrected chi connectivity index (χ4v) is 6.78. The molecule has 4 heterocycles. The van der Waals surface area contributed by atoms with Gasteiger partial charge in [-0.25, -0.2) is 14.8 Å². The molecule has 0 aliphatic carbocycles. The first-order valence-electron chi connectivity index (χ1n) is 14.4. The predicted molar refractivity (Wildman–Crippen MR) is 166 cm³/mol. The van der Waals surface area contributed by atoms with Crippen LogP contribution >= 0.6 is 11.8 Å². The smallest absolute Gasteiger partial charge is 0.339 e. The largest absolute Gasteiger partial charge is 0.494 e. The standard InChI is InChI=1S/C31H37N7O3S/c1-36-16-18-38(19-17-36)21-11-14-37(15-12-21)22-8-9-24(26(20-22)40-2)33-31-34-25-10-13-32-28(25)29(35-31)42-27-7-5-4-6-23(27)30(39)41-3/h4-10,13,20-21,32H,11-12,14-19H2,1-3H3,(H,33,34,35). The first-order valence-corrected chi connectivity index (χ1v) is 15.2. The molecule has 2 aliphatic heterocycles. The van der Waals surface area contributed by atoms with E-state index in [0.717, 1.165) is 59.2 Å². The summed E-state index contributed by atoms with van der Waals surface area (Å²) in [6.07, 6.45) is 4.19. The molecule has 0 amide bonds. The van der Waals surface area contributed by atoms with Gasteiger partial charge in [0.2, 0.25) is 5.95 Å². The summed E-state index contributed by atoms with van der Waals surface area (Å²) in [4.78, 5) is 33.4. The summed E-state index contributed by atoms with van der Waals surface area (Å²) in [5.41, 5.74) is 4.00. The number of piperazine rings is 1. The predicted octanol–water partition coefficient (Wildman–Crippen LogP) is 4.86. The molecular formula is C31H37N7O3S. The number of methoxy groups -OCH3 is 2. The lowest BCUT2D eigenvalue weighted by Crippen LogP contribution is -2.52. The monoisotopic (exact) mass is 587 g/mol. The van der Waals surface area contributed by atoms with Gasteiger partial charge >= 0.3 is 5.97 Å². The maximum absolute atomic E-state index is 12.3. The molecule has 0 bridgehead atoms. The van der Waals surface area contributed by atoms with Gasteiger partial charge in [-0.15, -0.1) is 0 Å². The molecule has 220 valence electrons. The van der Waals surface area contributed by atoms with Crippen molar-refractivity contribution in [2.45, 2.75) is 28.8 Å². The van der Waals surface area contributed by atoms with Gasteiger partial charge in [0.05, 0.1) is 36.5 Å². The summed E-state index contributed by atoms with van der Waals surface area (Å²) >= 11 is 1.39. The Morgan fingerprint density at radius 1 is 1.00 bits per heavy atom. The number of piperidine rings is 1. The molecule has 0 unspecified atom stereocenters. The molecule has 11 heteroatoms. The van der Waals surface area contributed by atoms with E-state index in [1.807, 2.05) is 36.5 Å². The Labute approximate surface area is 250 Å². The average Bonchev–Trinajstić information content (AvgIpc) is 3.51. The second-order valence-electron chi connectivity index (χ2n) is 10.7. The van der Waals surface area contributed by atoms with Crippen LogP contribution in [0.3, 0.4) is 0 Å². The van der Waals surface area contributed by atoms with Crippen LogP contribution in [0.25, 0.3) is 11.0 Å². The van der Waals surface area contributed by atoms with Crippen LogP contribution in [-0.2, 0) is 4.74 Å². The van der Waals surface area contributed by atoms with Gasteiger partial charge in [-0.05, 0) is 50.2 Å². The molecule has 4 aromatic rings. The van der Waals surface area contributed by atoms with Crippen LogP contribution in [-0.4, -0.2) is 97.3 Å². The molecule has 0 spiro atoms. The van der Waals surface area contributed by atoms with E-state index < -0.39 is 0 Å². The lowest BCUT2D eigenvalue weighted by Gasteiger charge is -2.42. The minimum Gasteiger partial charge on any atom is -0.494 e. The summed E-state index contributed by atoms with van der Waals surface area (Å²) < 4.78 is 10.8. The Kier molecular flexibility index (Phi) is 8.50. The highest BCUT2D eigenvalue weighted by Gasteiger charge is 2.27. The minimum atomic E-state index is -0.387. The van der Waals surface area contributed by atoms with Gasteiger partial charge in [0, 0.05) is 68.2 Å². The Balaban J connectivity index is 1.19. The van der Waals surface area contributed by atoms with Gasteiger partial charge in [0.15, 0.2) is 0 Å². The van der Waals surface area contributed by atoms with Gasteiger partial charge in [0.1, 0.15) is 10.8 Å². The number of benzene rings is 2. The number of anilines is 3. The summed E-state index contributed by atoms with van der Waals surface area (Å²) in [6.45, 7) is 6.73. The maximum atomic E-state index is 12.3. The van der Waals surface area contributed by atoms with Crippen molar-refractivity contribution in [3.05, 3.63) is 60.3 Å². The Morgan fingerprint density at radius 2 is 1.79 bits per heavy atom. The zero-order chi connectivity index (χ0) is 29.1. The molecule has 2 aromatic carbocycles. The quantitative estimate of drug-likeness (QED) is 0.220. The number of nitrogens with one attached hydrogen (secondary N) is 2. The molecule has 0 saturated carbocycles. The normalized spacial score (nSPS) is 17.0. The number of ether oxygens (including phenoxy) is 2. The van der Waals surface area contributed by atoms with E-state index in [9.17, 15) is 4.79 Å². The number of H-pyrrole nitrogens is 1. The Hall–Kier alpha value is -3.80. The number of nitrogens with zero attached hydrogens (tertiary/aromatic N) is 5. The molecule has 2 fully saturated rings. The first kappa shape index (κ1) is 28.3. The number of aromatic nitrogens is 3. The zero-order valence-corrected chi connectivity index (χ0v) is 25.1. The van der Waals surface area contributed by atoms with Crippen molar-refractivity contribution in [1.82, 2.24) is 24.8 Å². The number of fused-ring (bicyclic) bond motifs is 1. The number of likely N-dealkylation sites (N-methyl/N-ethyl adjacent to an activating group) is 1. The van der Waals surface area contributed by atoms with Crippen molar-refractivity contribution < 1.29 is 14.3 Å². The third-order valence-corrected chi connectivity index (χ3v) is 9.25. The first-order chi connectivity index (χ1) is 20.5. The summed E-state index contributed by atoms with van der Waals surface area (Å²) in [6, 6.07) is 16.2. The molecular weight excluding hydrogens is 550 g/mol. The van der Waals surface area contributed by atoms with Crippen molar-refractivity contribution in [3.8, 4) is 5.75 Å². The maximum Gasteiger partial charge on any atom is 0.339 e. The average molecular weight is 588 g/mol. The summed E-state index contributed by atoms with van der Waals surface area (Å²) in [5, 5.41) is 4.07. The van der Waals surface area contributed by atoms with E-state index in [1.54, 1.807) is 13.2 Å². The van der Waals surface area contributed by atoms with Crippen LogP contribution < -0.4 is 15.0 Å². The van der Waals surface area contributed by atoms with Crippen molar-refractivity contribution in [2.75, 3.05) is 70.8 Å². The van der Waals surface area contributed by atoms with Crippen molar-refractivity contribution in [1.29, 1.82) is 0 Å². The number of hydrogen-bond acceptors (Lipinski definition) is 10. The fourth-order valence-electron chi connectivity index (χ4n) is 5.76. The highest BCUT2D eigenvalue weighted by molar-refractivity contribution is 7.99. The molecule has 10 nitrogen and oxygen atoms in total. The summed E-state index contributed by atoms with van der Waals surface area (Å²) in [5.74, 6) is 0.789. The highest BCUT2D eigenvalue weighted by Crippen LogP contribution is 2.36. The molecule has 2 aromatic heterocycles. The van der Waals surface area contributed by atoms with Crippen LogP contribution in [0.5, 0.6) is 5.75 Å². The minimum absolute atomic E-state index is 0.387. The lowest BCUT2D eigenvalue weighted by molar-refractivity contribution is 0.0597. The van der Waals surface area contributed by atoms with Crippen LogP contribution in [0.4, 0.5) is 17.3 Å². The zero-order valence-electron chi connectivity index (χ0n) is 24.3. The molecule has 2 aliphatic rings. The van der Waals surface area contributed by atoms with E-state index in [4.69, 9.17) is 19.4 Å². The van der Waals surface area contributed by atoms with Gasteiger partial charge in [0.25, 0.3) is 0 Å². The van der Waals surface area contributed by atoms with Gasteiger partial charge < -0.3 is 29.6 Å². The van der Waals surface area contributed by atoms with Gasteiger partial charge in [-0.1, -0.05) is 23.9 Å². The number of carbonyl (C=O) groups excluding carboxylic acids is 1. The number of esters is 1. The lowest BCUT2D eigenvalue weighted by atomic mass is 10.0. The topological polar surface area (TPSA) is 98.8 Å². The molecule has 2 saturated heterocycles. The van der Waals surface area contributed by atoms with E-state index >= 15 is 0 Å². The number of aromatic amines is 1. The SMILES string of the molecule is COC(=O)c1ccccc1Sc1nc(Nc2ccc(N3CCC(N4CCN(C)CC4)CC3)cc2OC)nc2cc[nH]c12. The third-order valence-electron chi connectivity index (χ3n) is 8.19. The van der Waals surface area contributed by atoms with Crippen LogP contribution in [0, 0.1) is 0 Å². The molecule has 0 atom stereocenters. The summed E-state index contributed by atoms with van der Waals surface area (Å²) in [7, 11) is 5.28. The Morgan fingerprint density at radius 3 is 2.55 bits per heavy atom. The van der Waals surface area contributed by atoms with Crippen molar-refractivity contribution in [2.24, 2.45) is 0 Å². The van der Waals surface area contributed by atoms with Gasteiger partial charge in [-0.3, -0.25) is 4.90 Å². The number of hydrogen-bond donors (Lipinski definition) is 2. The van der Waals surface area contributed by atoms with E-state index in [2.05, 4.69) is 44.2 Å². The van der Waals surface area contributed by atoms with Crippen LogP contribution in [0.15, 0.2) is 64.6 Å². The fraction of sp³-hybridized carbons (Fsp3) is 0.387. The third kappa shape index (κ3) is 6.04. The second kappa shape index (κ2) is 12.6.